The molecule has 1 aromatic heterocycles. The normalized spacial score (nSPS) is 21.0. The molecule has 0 aliphatic carbocycles. The molecule has 3 atom stereocenters. The Morgan fingerprint density at radius 2 is 1.93 bits per heavy atom. The number of nitrogens with zero attached hydrogens (tertiary/aromatic N) is 3. The maximum Gasteiger partial charge on any atom is 0.393 e. The third-order valence-electron chi connectivity index (χ3n) is 4.56. The van der Waals surface area contributed by atoms with Gasteiger partial charge in [0.05, 0.1) is 12.0 Å². The Bertz CT molecular complexity index is 764. The minimum absolute atomic E-state index is 0.156. The van der Waals surface area contributed by atoms with Crippen molar-refractivity contribution in [3.05, 3.63) is 30.1 Å². The molecule has 1 aliphatic heterocycles. The highest BCUT2D eigenvalue weighted by Crippen LogP contribution is 2.37. The minimum Gasteiger partial charge on any atom is -0.403 e. The van der Waals surface area contributed by atoms with Crippen molar-refractivity contribution in [2.75, 3.05) is 18.9 Å². The largest absolute Gasteiger partial charge is 0.403 e. The van der Waals surface area contributed by atoms with Gasteiger partial charge in [-0.15, -0.1) is 5.10 Å². The minimum atomic E-state index is -4.01. The van der Waals surface area contributed by atoms with Gasteiger partial charge in [0.2, 0.25) is 5.89 Å². The number of carbonyl (C=O) groups excluding carboxylic acids is 1. The number of aldehydes is 1. The molecule has 2 aromatic rings. The lowest BCUT2D eigenvalue weighted by molar-refractivity contribution is -0.178. The molecule has 0 spiro atoms. The van der Waals surface area contributed by atoms with Crippen LogP contribution in [0.2, 0.25) is 0 Å². The van der Waals surface area contributed by atoms with E-state index in [0.29, 0.717) is 12.1 Å². The summed E-state index contributed by atoms with van der Waals surface area (Å²) >= 11 is 0. The zero-order valence-corrected chi connectivity index (χ0v) is 15.7. The van der Waals surface area contributed by atoms with Gasteiger partial charge in [-0.25, -0.2) is 4.39 Å². The van der Waals surface area contributed by atoms with Crippen LogP contribution < -0.4 is 5.32 Å². The number of carbonyl (C=O) groups is 1. The zero-order valence-electron chi connectivity index (χ0n) is 15.7. The number of hydrogen-bond acceptors (Lipinski definition) is 6. The lowest BCUT2D eigenvalue weighted by Gasteiger charge is -2.22. The van der Waals surface area contributed by atoms with E-state index < -0.39 is 18.1 Å². The van der Waals surface area contributed by atoms with E-state index in [2.05, 4.69) is 15.5 Å². The van der Waals surface area contributed by atoms with Crippen molar-refractivity contribution in [2.24, 2.45) is 5.92 Å². The number of halogens is 4. The Morgan fingerprint density at radius 1 is 1.29 bits per heavy atom. The molecule has 1 aliphatic rings. The summed E-state index contributed by atoms with van der Waals surface area (Å²) in [6.07, 6.45) is -3.03. The number of anilines is 1. The SMILES string of the molecule is CC1[C@@H](C(F)(F)F)CCN1C.C[C@H](C=O)Nc1nnc(-c2ccc(F)cc2)o1. The molecule has 0 amide bonds. The first kappa shape index (κ1) is 21.8. The fraction of sp³-hybridized carbons (Fsp3) is 0.500. The lowest BCUT2D eigenvalue weighted by Crippen LogP contribution is -2.34. The Hall–Kier alpha value is -2.49. The molecule has 2 heterocycles. The second-order valence-electron chi connectivity index (χ2n) is 6.65. The van der Waals surface area contributed by atoms with Gasteiger partial charge in [0.1, 0.15) is 12.1 Å². The van der Waals surface area contributed by atoms with Crippen molar-refractivity contribution >= 4 is 12.3 Å². The van der Waals surface area contributed by atoms with Crippen molar-refractivity contribution in [2.45, 2.75) is 38.5 Å². The van der Waals surface area contributed by atoms with Crippen LogP contribution in [0.4, 0.5) is 23.6 Å². The maximum atomic E-state index is 12.7. The molecule has 6 nitrogen and oxygen atoms in total. The predicted molar refractivity (Wildman–Crippen MR) is 95.1 cm³/mol. The second-order valence-corrected chi connectivity index (χ2v) is 6.65. The van der Waals surface area contributed by atoms with E-state index in [4.69, 9.17) is 4.42 Å². The highest BCUT2D eigenvalue weighted by molar-refractivity contribution is 5.61. The van der Waals surface area contributed by atoms with Crippen LogP contribution in [-0.4, -0.2) is 53.2 Å². The molecule has 1 aromatic carbocycles. The maximum absolute atomic E-state index is 12.7. The Kier molecular flexibility index (Phi) is 7.11. The number of hydrogen-bond donors (Lipinski definition) is 1. The first-order chi connectivity index (χ1) is 13.1. The summed E-state index contributed by atoms with van der Waals surface area (Å²) in [5, 5.41) is 10.2. The third-order valence-corrected chi connectivity index (χ3v) is 4.56. The molecule has 0 bridgehead atoms. The number of likely N-dealkylation sites (tertiary alicyclic amines) is 1. The Morgan fingerprint density at radius 3 is 2.39 bits per heavy atom. The van der Waals surface area contributed by atoms with Gasteiger partial charge in [-0.3, -0.25) is 0 Å². The number of rotatable bonds is 4. The van der Waals surface area contributed by atoms with E-state index in [1.807, 2.05) is 0 Å². The molecule has 3 rings (SSSR count). The Labute approximate surface area is 159 Å². The van der Waals surface area contributed by atoms with Gasteiger partial charge in [0, 0.05) is 11.6 Å². The summed E-state index contributed by atoms with van der Waals surface area (Å²) in [4.78, 5) is 12.2. The second kappa shape index (κ2) is 9.13. The summed E-state index contributed by atoms with van der Waals surface area (Å²) in [7, 11) is 1.73. The van der Waals surface area contributed by atoms with E-state index in [1.54, 1.807) is 25.8 Å². The molecule has 10 heteroatoms. The van der Waals surface area contributed by atoms with Crippen molar-refractivity contribution < 1.29 is 26.8 Å². The van der Waals surface area contributed by atoms with Crippen molar-refractivity contribution in [1.29, 1.82) is 0 Å². The molecular formula is C18H22F4N4O2. The van der Waals surface area contributed by atoms with Gasteiger partial charge in [0.15, 0.2) is 0 Å². The first-order valence-electron chi connectivity index (χ1n) is 8.70. The molecule has 0 radical (unpaired) electrons. The van der Waals surface area contributed by atoms with Crippen LogP contribution in [0.5, 0.6) is 0 Å². The highest BCUT2D eigenvalue weighted by Gasteiger charge is 2.47. The monoisotopic (exact) mass is 402 g/mol. The van der Waals surface area contributed by atoms with Crippen LogP contribution >= 0.6 is 0 Å². The standard InChI is InChI=1S/C11H10FN3O2.C7H12F3N/c1-7(6-16)13-11-15-14-10(17-11)8-2-4-9(12)5-3-8;1-5-6(7(8,9)10)3-4-11(5)2/h2-7H,1H3,(H,13,15);5-6H,3-4H2,1-2H3/t7-;5?,6-/m10/s1. The van der Waals surface area contributed by atoms with Crippen molar-refractivity contribution in [3.63, 3.8) is 0 Å². The summed E-state index contributed by atoms with van der Waals surface area (Å²) in [6, 6.07) is 5.09. The molecule has 1 saturated heterocycles. The summed E-state index contributed by atoms with van der Waals surface area (Å²) in [5.74, 6) is -1.18. The first-order valence-corrected chi connectivity index (χ1v) is 8.70. The van der Waals surface area contributed by atoms with Gasteiger partial charge in [-0.05, 0) is 58.1 Å². The fourth-order valence-corrected chi connectivity index (χ4v) is 2.75. The molecule has 0 saturated carbocycles. The average Bonchev–Trinajstić information content (AvgIpc) is 3.23. The third kappa shape index (κ3) is 5.75. The molecule has 1 unspecified atom stereocenters. The van der Waals surface area contributed by atoms with E-state index in [1.165, 1.54) is 24.3 Å². The van der Waals surface area contributed by atoms with Crippen LogP contribution in [0.3, 0.4) is 0 Å². The van der Waals surface area contributed by atoms with Gasteiger partial charge < -0.3 is 19.4 Å². The molecule has 1 N–H and O–H groups in total. The summed E-state index contributed by atoms with van der Waals surface area (Å²) in [5.41, 5.74) is 0.616. The van der Waals surface area contributed by atoms with E-state index in [0.717, 1.165) is 6.29 Å². The van der Waals surface area contributed by atoms with Crippen LogP contribution in [0.1, 0.15) is 20.3 Å². The van der Waals surface area contributed by atoms with E-state index in [9.17, 15) is 22.4 Å². The van der Waals surface area contributed by atoms with Crippen molar-refractivity contribution in [3.8, 4) is 11.5 Å². The van der Waals surface area contributed by atoms with Gasteiger partial charge in [-0.2, -0.15) is 13.2 Å². The number of benzene rings is 1. The lowest BCUT2D eigenvalue weighted by atomic mass is 10.0. The number of aromatic nitrogens is 2. The zero-order chi connectivity index (χ0) is 20.9. The molecule has 1 fully saturated rings. The van der Waals surface area contributed by atoms with E-state index in [-0.39, 0.29) is 30.2 Å². The number of nitrogens with one attached hydrogen (secondary N) is 1. The van der Waals surface area contributed by atoms with Gasteiger partial charge >= 0.3 is 12.2 Å². The average molecular weight is 402 g/mol. The molecule has 154 valence electrons. The number of alkyl halides is 3. The summed E-state index contributed by atoms with van der Waals surface area (Å²) in [6.45, 7) is 3.85. The topological polar surface area (TPSA) is 71.3 Å². The highest BCUT2D eigenvalue weighted by atomic mass is 19.4. The smallest absolute Gasteiger partial charge is 0.393 e. The molecular weight excluding hydrogens is 380 g/mol. The fourth-order valence-electron chi connectivity index (χ4n) is 2.75. The summed E-state index contributed by atoms with van der Waals surface area (Å²) < 4.78 is 54.4. The Balaban J connectivity index is 0.000000221. The van der Waals surface area contributed by atoms with E-state index >= 15 is 0 Å². The van der Waals surface area contributed by atoms with Crippen LogP contribution in [0, 0.1) is 11.7 Å². The van der Waals surface area contributed by atoms with Crippen molar-refractivity contribution in [1.82, 2.24) is 15.1 Å². The predicted octanol–water partition coefficient (Wildman–Crippen LogP) is 3.76. The van der Waals surface area contributed by atoms with Gasteiger partial charge in [0.25, 0.3) is 0 Å². The quantitative estimate of drug-likeness (QED) is 0.620. The van der Waals surface area contributed by atoms with Crippen LogP contribution in [-0.2, 0) is 4.79 Å². The van der Waals surface area contributed by atoms with Crippen LogP contribution in [0.15, 0.2) is 28.7 Å². The van der Waals surface area contributed by atoms with Gasteiger partial charge in [-0.1, -0.05) is 5.10 Å². The molecule has 28 heavy (non-hydrogen) atoms. The van der Waals surface area contributed by atoms with Crippen LogP contribution in [0.25, 0.3) is 11.5 Å².